The fourth-order valence-corrected chi connectivity index (χ4v) is 5.76. The van der Waals surface area contributed by atoms with Gasteiger partial charge in [-0.1, -0.05) is 68.4 Å². The van der Waals surface area contributed by atoms with E-state index in [1.54, 1.807) is 13.1 Å². The highest BCUT2D eigenvalue weighted by Gasteiger charge is 2.59. The minimum absolute atomic E-state index is 0.118. The number of rotatable bonds is 5. The van der Waals surface area contributed by atoms with E-state index in [0.717, 1.165) is 22.0 Å². The van der Waals surface area contributed by atoms with Crippen molar-refractivity contribution in [2.45, 2.75) is 44.3 Å². The molecule has 0 aliphatic carbocycles. The molecule has 188 valence electrons. The quantitative estimate of drug-likeness (QED) is 0.523. The van der Waals surface area contributed by atoms with E-state index in [2.05, 4.69) is 10.2 Å². The van der Waals surface area contributed by atoms with Crippen molar-refractivity contribution in [3.8, 4) is 0 Å². The molecular weight excluding hydrogens is 464 g/mol. The number of carbonyl (C=O) groups is 3. The van der Waals surface area contributed by atoms with Crippen LogP contribution < -0.4 is 5.32 Å². The number of carbonyl (C=O) groups excluding carboxylic acids is 3. The van der Waals surface area contributed by atoms with Gasteiger partial charge in [0.25, 0.3) is 11.8 Å². The molecule has 5 rings (SSSR count). The highest BCUT2D eigenvalue weighted by Crippen LogP contribution is 2.47. The van der Waals surface area contributed by atoms with Crippen LogP contribution in [0.5, 0.6) is 0 Å². The Hall–Kier alpha value is -4.18. The number of anilines is 1. The lowest BCUT2D eigenvalue weighted by atomic mass is 9.80. The molecule has 1 N–H and O–H groups in total. The maximum absolute atomic E-state index is 14.1. The molecule has 37 heavy (non-hydrogen) atoms. The number of nitrogens with one attached hydrogen (secondary N) is 1. The first-order valence-electron chi connectivity index (χ1n) is 12.6. The average Bonchev–Trinajstić information content (AvgIpc) is 3.43. The van der Waals surface area contributed by atoms with Crippen LogP contribution in [0.4, 0.5) is 5.69 Å². The van der Waals surface area contributed by atoms with Crippen LogP contribution in [-0.4, -0.2) is 53.3 Å². The van der Waals surface area contributed by atoms with E-state index in [9.17, 15) is 14.4 Å². The highest BCUT2D eigenvalue weighted by molar-refractivity contribution is 6.09. The van der Waals surface area contributed by atoms with Crippen molar-refractivity contribution in [3.63, 3.8) is 0 Å². The zero-order valence-electron chi connectivity index (χ0n) is 21.3. The SMILES string of the molecule is [C-]#[N+][C@@H]1C[C@@]2(CN1C(=O)[C@H](CC(C)C)N(C)C(=O)c1cccc3ccccc13)C(=O)Nc1ccccc12. The normalized spacial score (nSPS) is 21.1. The summed E-state index contributed by atoms with van der Waals surface area (Å²) in [5, 5.41) is 4.71. The molecule has 0 radical (unpaired) electrons. The fraction of sp³-hybridized carbons (Fsp3) is 0.333. The van der Waals surface area contributed by atoms with Crippen LogP contribution in [0.2, 0.25) is 0 Å². The van der Waals surface area contributed by atoms with Gasteiger partial charge < -0.3 is 10.2 Å². The number of fused-ring (bicyclic) bond motifs is 3. The van der Waals surface area contributed by atoms with E-state index in [-0.39, 0.29) is 36.6 Å². The molecule has 2 heterocycles. The van der Waals surface area contributed by atoms with Gasteiger partial charge in [0, 0.05) is 24.8 Å². The second kappa shape index (κ2) is 9.36. The second-order valence-corrected chi connectivity index (χ2v) is 10.4. The van der Waals surface area contributed by atoms with Gasteiger partial charge in [0.05, 0.1) is 6.42 Å². The van der Waals surface area contributed by atoms with Crippen LogP contribution in [0.25, 0.3) is 15.6 Å². The van der Waals surface area contributed by atoms with E-state index in [4.69, 9.17) is 6.57 Å². The molecule has 7 nitrogen and oxygen atoms in total. The summed E-state index contributed by atoms with van der Waals surface area (Å²) in [4.78, 5) is 47.8. The molecule has 1 spiro atoms. The Morgan fingerprint density at radius 3 is 2.57 bits per heavy atom. The molecule has 0 saturated carbocycles. The van der Waals surface area contributed by atoms with Crippen molar-refractivity contribution in [1.82, 2.24) is 9.80 Å². The summed E-state index contributed by atoms with van der Waals surface area (Å²) in [6, 6.07) is 20.0. The lowest BCUT2D eigenvalue weighted by molar-refractivity contribution is -0.136. The molecule has 1 saturated heterocycles. The molecule has 0 unspecified atom stereocenters. The third-order valence-electron chi connectivity index (χ3n) is 7.68. The molecule has 1 fully saturated rings. The Bertz CT molecular complexity index is 1440. The number of hydrogen-bond donors (Lipinski definition) is 1. The third kappa shape index (κ3) is 4.03. The van der Waals surface area contributed by atoms with Crippen molar-refractivity contribution in [1.29, 1.82) is 0 Å². The van der Waals surface area contributed by atoms with Gasteiger partial charge in [-0.25, -0.2) is 6.57 Å². The summed E-state index contributed by atoms with van der Waals surface area (Å²) in [7, 11) is 1.66. The van der Waals surface area contributed by atoms with Crippen molar-refractivity contribution in [2.75, 3.05) is 18.9 Å². The summed E-state index contributed by atoms with van der Waals surface area (Å²) < 4.78 is 0. The number of amides is 3. The van der Waals surface area contributed by atoms with E-state index in [0.29, 0.717) is 12.0 Å². The predicted molar refractivity (Wildman–Crippen MR) is 143 cm³/mol. The number of likely N-dealkylation sites (N-methyl/N-ethyl adjacent to an activating group) is 1. The van der Waals surface area contributed by atoms with E-state index in [1.165, 1.54) is 9.80 Å². The monoisotopic (exact) mass is 494 g/mol. The van der Waals surface area contributed by atoms with Crippen LogP contribution >= 0.6 is 0 Å². The van der Waals surface area contributed by atoms with E-state index < -0.39 is 17.6 Å². The Labute approximate surface area is 216 Å². The minimum atomic E-state index is -0.956. The van der Waals surface area contributed by atoms with Gasteiger partial charge in [-0.2, -0.15) is 0 Å². The van der Waals surface area contributed by atoms with Gasteiger partial charge in [0.15, 0.2) is 0 Å². The lowest BCUT2D eigenvalue weighted by Crippen LogP contribution is -2.51. The summed E-state index contributed by atoms with van der Waals surface area (Å²) in [5.41, 5.74) is 1.13. The zero-order valence-corrected chi connectivity index (χ0v) is 21.3. The first kappa shape index (κ1) is 24.5. The van der Waals surface area contributed by atoms with Gasteiger partial charge in [0.2, 0.25) is 5.91 Å². The molecule has 3 aromatic carbocycles. The van der Waals surface area contributed by atoms with Crippen molar-refractivity contribution < 1.29 is 14.4 Å². The Morgan fingerprint density at radius 1 is 1.11 bits per heavy atom. The minimum Gasteiger partial charge on any atom is -0.330 e. The molecule has 2 aliphatic heterocycles. The zero-order chi connectivity index (χ0) is 26.3. The van der Waals surface area contributed by atoms with Crippen molar-refractivity contribution >= 4 is 34.2 Å². The number of hydrogen-bond acceptors (Lipinski definition) is 3. The van der Waals surface area contributed by atoms with Crippen LogP contribution in [-0.2, 0) is 15.0 Å². The first-order chi connectivity index (χ1) is 17.8. The second-order valence-electron chi connectivity index (χ2n) is 10.4. The van der Waals surface area contributed by atoms with Crippen molar-refractivity contribution in [3.05, 3.63) is 89.3 Å². The Kier molecular flexibility index (Phi) is 6.20. The molecule has 3 aromatic rings. The van der Waals surface area contributed by atoms with Gasteiger partial charge >= 0.3 is 6.17 Å². The number of para-hydroxylation sites is 1. The maximum Gasteiger partial charge on any atom is 0.302 e. The molecule has 7 heteroatoms. The molecule has 0 bridgehead atoms. The summed E-state index contributed by atoms with van der Waals surface area (Å²) in [5.74, 6) is -0.582. The van der Waals surface area contributed by atoms with Gasteiger partial charge in [0.1, 0.15) is 11.5 Å². The number of likely N-dealkylation sites (tertiary alicyclic amines) is 1. The van der Waals surface area contributed by atoms with Gasteiger partial charge in [-0.3, -0.25) is 24.1 Å². The van der Waals surface area contributed by atoms with Crippen molar-refractivity contribution in [2.24, 2.45) is 5.92 Å². The highest BCUT2D eigenvalue weighted by atomic mass is 16.2. The van der Waals surface area contributed by atoms with Gasteiger partial charge in [-0.15, -0.1) is 0 Å². The van der Waals surface area contributed by atoms with Crippen LogP contribution in [0.15, 0.2) is 66.7 Å². The summed E-state index contributed by atoms with van der Waals surface area (Å²) in [6.45, 7) is 12.0. The molecule has 0 aromatic heterocycles. The van der Waals surface area contributed by atoms with Gasteiger partial charge in [-0.05, 0) is 40.8 Å². The third-order valence-corrected chi connectivity index (χ3v) is 7.68. The lowest BCUT2D eigenvalue weighted by Gasteiger charge is -2.32. The largest absolute Gasteiger partial charge is 0.330 e. The Morgan fingerprint density at radius 2 is 1.81 bits per heavy atom. The Balaban J connectivity index is 1.48. The summed E-state index contributed by atoms with van der Waals surface area (Å²) in [6.07, 6.45) is -0.0938. The standard InChI is InChI=1S/C30H30N4O3/c1-19(2)16-25(33(4)27(35)22-13-9-11-20-10-5-6-12-21(20)22)28(36)34-18-30(17-26(34)31-3)23-14-7-8-15-24(23)32-29(30)37/h5-15,19,25-26H,16-18H2,1-2,4H3,(H,32,37)/t25-,26-,30-/m0/s1. The molecule has 2 aliphatic rings. The van der Waals surface area contributed by atoms with Crippen LogP contribution in [0.1, 0.15) is 42.6 Å². The number of nitrogens with zero attached hydrogens (tertiary/aromatic N) is 3. The van der Waals surface area contributed by atoms with Crippen LogP contribution in [0.3, 0.4) is 0 Å². The van der Waals surface area contributed by atoms with Crippen LogP contribution in [0, 0.1) is 12.5 Å². The van der Waals surface area contributed by atoms with E-state index in [1.807, 2.05) is 74.5 Å². The maximum atomic E-state index is 14.1. The smallest absolute Gasteiger partial charge is 0.302 e. The predicted octanol–water partition coefficient (Wildman–Crippen LogP) is 4.69. The molecule has 3 amide bonds. The fourth-order valence-electron chi connectivity index (χ4n) is 5.76. The average molecular weight is 495 g/mol. The molecular formula is C30H30N4O3. The topological polar surface area (TPSA) is 74.1 Å². The number of benzene rings is 3. The van der Waals surface area contributed by atoms with E-state index >= 15 is 0 Å². The molecule has 3 atom stereocenters. The summed E-state index contributed by atoms with van der Waals surface area (Å²) >= 11 is 0. The first-order valence-corrected chi connectivity index (χ1v) is 12.6.